The Labute approximate surface area is 110 Å². The maximum Gasteiger partial charge on any atom is 0.412 e. The van der Waals surface area contributed by atoms with Crippen LogP contribution in [-0.4, -0.2) is 24.4 Å². The number of aliphatic hydroxyl groups excluding tert-OH is 1. The van der Waals surface area contributed by atoms with E-state index in [1.165, 1.54) is 6.08 Å². The van der Waals surface area contributed by atoms with Gasteiger partial charge in [0.2, 0.25) is 0 Å². The second-order valence-corrected chi connectivity index (χ2v) is 4.69. The van der Waals surface area contributed by atoms with Crippen molar-refractivity contribution in [3.05, 3.63) is 41.5 Å². The highest BCUT2D eigenvalue weighted by atomic mass is 19.4. The first-order valence-electron chi connectivity index (χ1n) is 6.17. The lowest BCUT2D eigenvalue weighted by Gasteiger charge is -2.29. The molecule has 1 aliphatic heterocycles. The fourth-order valence-electron chi connectivity index (χ4n) is 2.12. The molecular weight excluding hydrogens is 255 g/mol. The number of hydrogen-bond acceptors (Lipinski definition) is 2. The largest absolute Gasteiger partial charge is 0.412 e. The summed E-state index contributed by atoms with van der Waals surface area (Å²) in [6.07, 6.45) is -3.48. The smallest absolute Gasteiger partial charge is 0.389 e. The third-order valence-electron chi connectivity index (χ3n) is 3.31. The first kappa shape index (κ1) is 13.9. The standard InChI is InChI=1S/C14H16F3NO/c1-10(19)11-2-4-13(5-3-11)18-8-6-12(7-9-18)14(15,16)17/h2-6,10,19H,7-9H2,1H3/t10-/m0/s1. The number of alkyl halides is 3. The molecule has 0 saturated carbocycles. The molecule has 1 aliphatic rings. The van der Waals surface area contributed by atoms with Gasteiger partial charge >= 0.3 is 6.18 Å². The van der Waals surface area contributed by atoms with E-state index in [4.69, 9.17) is 0 Å². The highest BCUT2D eigenvalue weighted by Crippen LogP contribution is 2.31. The summed E-state index contributed by atoms with van der Waals surface area (Å²) in [5, 5.41) is 9.40. The molecule has 2 nitrogen and oxygen atoms in total. The van der Waals surface area contributed by atoms with Crippen LogP contribution >= 0.6 is 0 Å². The van der Waals surface area contributed by atoms with Gasteiger partial charge < -0.3 is 10.0 Å². The van der Waals surface area contributed by atoms with Crippen molar-refractivity contribution >= 4 is 5.69 Å². The lowest BCUT2D eigenvalue weighted by atomic mass is 10.1. The van der Waals surface area contributed by atoms with E-state index in [2.05, 4.69) is 0 Å². The molecule has 104 valence electrons. The topological polar surface area (TPSA) is 23.5 Å². The third kappa shape index (κ3) is 3.29. The Morgan fingerprint density at radius 3 is 2.26 bits per heavy atom. The zero-order valence-electron chi connectivity index (χ0n) is 10.6. The van der Waals surface area contributed by atoms with Crippen molar-refractivity contribution in [1.82, 2.24) is 0 Å². The molecule has 0 radical (unpaired) electrons. The molecule has 19 heavy (non-hydrogen) atoms. The average Bonchev–Trinajstić information content (AvgIpc) is 2.38. The molecule has 1 atom stereocenters. The zero-order valence-corrected chi connectivity index (χ0v) is 10.6. The highest BCUT2D eigenvalue weighted by molar-refractivity contribution is 5.49. The number of nitrogens with zero attached hydrogens (tertiary/aromatic N) is 1. The van der Waals surface area contributed by atoms with Gasteiger partial charge in [-0.25, -0.2) is 0 Å². The molecule has 1 aromatic rings. The van der Waals surface area contributed by atoms with Gasteiger partial charge in [-0.3, -0.25) is 0 Å². The van der Waals surface area contributed by atoms with Gasteiger partial charge in [-0.2, -0.15) is 13.2 Å². The van der Waals surface area contributed by atoms with Gasteiger partial charge in [-0.1, -0.05) is 18.2 Å². The minimum atomic E-state index is -4.21. The monoisotopic (exact) mass is 271 g/mol. The molecule has 0 saturated heterocycles. The number of benzene rings is 1. The van der Waals surface area contributed by atoms with Crippen LogP contribution in [0, 0.1) is 0 Å². The second-order valence-electron chi connectivity index (χ2n) is 4.69. The van der Waals surface area contributed by atoms with Crippen LogP contribution in [0.1, 0.15) is 25.0 Å². The molecule has 0 fully saturated rings. The summed E-state index contributed by atoms with van der Waals surface area (Å²) >= 11 is 0. The number of hydrogen-bond donors (Lipinski definition) is 1. The molecule has 0 aromatic heterocycles. The molecule has 5 heteroatoms. The van der Waals surface area contributed by atoms with Crippen molar-refractivity contribution in [3.8, 4) is 0 Å². The van der Waals surface area contributed by atoms with Gasteiger partial charge in [0.1, 0.15) is 0 Å². The summed E-state index contributed by atoms with van der Waals surface area (Å²) in [6.45, 7) is 2.30. The summed E-state index contributed by atoms with van der Waals surface area (Å²) in [6, 6.07) is 7.24. The Kier molecular flexibility index (Phi) is 3.85. The van der Waals surface area contributed by atoms with Gasteiger partial charge in [0.25, 0.3) is 0 Å². The van der Waals surface area contributed by atoms with Crippen molar-refractivity contribution in [2.75, 3.05) is 18.0 Å². The Morgan fingerprint density at radius 2 is 1.84 bits per heavy atom. The summed E-state index contributed by atoms with van der Waals surface area (Å²) in [5.41, 5.74) is 1.23. The number of anilines is 1. The normalized spacial score (nSPS) is 18.2. The summed E-state index contributed by atoms with van der Waals surface area (Å²) in [4.78, 5) is 1.89. The fraction of sp³-hybridized carbons (Fsp3) is 0.429. The van der Waals surface area contributed by atoms with Crippen LogP contribution in [-0.2, 0) is 0 Å². The molecular formula is C14H16F3NO. The molecule has 1 N–H and O–H groups in total. The maximum atomic E-state index is 12.5. The van der Waals surface area contributed by atoms with Gasteiger partial charge in [0.05, 0.1) is 6.10 Å². The van der Waals surface area contributed by atoms with Crippen molar-refractivity contribution < 1.29 is 18.3 Å². The number of rotatable bonds is 2. The molecule has 1 aromatic carbocycles. The van der Waals surface area contributed by atoms with Gasteiger partial charge in [0.15, 0.2) is 0 Å². The van der Waals surface area contributed by atoms with Crippen LogP contribution in [0.5, 0.6) is 0 Å². The van der Waals surface area contributed by atoms with Crippen LogP contribution in [0.3, 0.4) is 0 Å². The lowest BCUT2D eigenvalue weighted by molar-refractivity contribution is -0.0943. The maximum absolute atomic E-state index is 12.5. The Bertz CT molecular complexity index is 463. The van der Waals surface area contributed by atoms with Crippen molar-refractivity contribution in [2.45, 2.75) is 25.6 Å². The van der Waals surface area contributed by atoms with Crippen LogP contribution in [0.25, 0.3) is 0 Å². The minimum Gasteiger partial charge on any atom is -0.389 e. The van der Waals surface area contributed by atoms with E-state index in [9.17, 15) is 18.3 Å². The molecule has 0 aliphatic carbocycles. The molecule has 0 amide bonds. The van der Waals surface area contributed by atoms with E-state index in [1.54, 1.807) is 19.1 Å². The van der Waals surface area contributed by atoms with Gasteiger partial charge in [-0.05, 0) is 31.0 Å². The molecule has 0 unspecified atom stereocenters. The molecule has 0 spiro atoms. The summed E-state index contributed by atoms with van der Waals surface area (Å²) in [7, 11) is 0. The van der Waals surface area contributed by atoms with E-state index in [0.717, 1.165) is 11.3 Å². The van der Waals surface area contributed by atoms with Crippen molar-refractivity contribution in [1.29, 1.82) is 0 Å². The van der Waals surface area contributed by atoms with E-state index in [0.29, 0.717) is 6.54 Å². The first-order chi connectivity index (χ1) is 8.88. The SMILES string of the molecule is C[C@H](O)c1ccc(N2CC=C(C(F)(F)F)CC2)cc1. The Balaban J connectivity index is 2.07. The third-order valence-corrected chi connectivity index (χ3v) is 3.31. The van der Waals surface area contributed by atoms with Crippen LogP contribution < -0.4 is 4.90 Å². The average molecular weight is 271 g/mol. The van der Waals surface area contributed by atoms with Gasteiger partial charge in [0, 0.05) is 24.4 Å². The molecule has 1 heterocycles. The Hall–Kier alpha value is -1.49. The van der Waals surface area contributed by atoms with Crippen LogP contribution in [0.4, 0.5) is 18.9 Å². The number of aliphatic hydroxyl groups is 1. The molecule has 0 bridgehead atoms. The van der Waals surface area contributed by atoms with Gasteiger partial charge in [-0.15, -0.1) is 0 Å². The Morgan fingerprint density at radius 1 is 1.21 bits per heavy atom. The van der Waals surface area contributed by atoms with Crippen LogP contribution in [0.2, 0.25) is 0 Å². The predicted molar refractivity (Wildman–Crippen MR) is 68.0 cm³/mol. The number of halogens is 3. The zero-order chi connectivity index (χ0) is 14.0. The quantitative estimate of drug-likeness (QED) is 0.833. The first-order valence-corrected chi connectivity index (χ1v) is 6.17. The fourth-order valence-corrected chi connectivity index (χ4v) is 2.12. The summed E-state index contributed by atoms with van der Waals surface area (Å²) < 4.78 is 37.5. The highest BCUT2D eigenvalue weighted by Gasteiger charge is 2.34. The van der Waals surface area contributed by atoms with E-state index in [1.807, 2.05) is 17.0 Å². The molecule has 2 rings (SSSR count). The second kappa shape index (κ2) is 5.25. The lowest BCUT2D eigenvalue weighted by Crippen LogP contribution is -2.31. The van der Waals surface area contributed by atoms with E-state index < -0.39 is 17.9 Å². The van der Waals surface area contributed by atoms with Crippen molar-refractivity contribution in [3.63, 3.8) is 0 Å². The predicted octanol–water partition coefficient (Wildman–Crippen LogP) is 3.44. The van der Waals surface area contributed by atoms with Crippen molar-refractivity contribution in [2.24, 2.45) is 0 Å². The minimum absolute atomic E-state index is 0.0155. The van der Waals surface area contributed by atoms with E-state index >= 15 is 0 Å². The summed E-state index contributed by atoms with van der Waals surface area (Å²) in [5.74, 6) is 0. The van der Waals surface area contributed by atoms with Crippen LogP contribution in [0.15, 0.2) is 35.9 Å². The van der Waals surface area contributed by atoms with E-state index in [-0.39, 0.29) is 13.0 Å².